The van der Waals surface area contributed by atoms with Crippen LogP contribution in [-0.2, 0) is 21.2 Å². The van der Waals surface area contributed by atoms with E-state index in [0.717, 1.165) is 16.7 Å². The fourth-order valence-corrected chi connectivity index (χ4v) is 3.76. The van der Waals surface area contributed by atoms with Crippen LogP contribution >= 0.6 is 0 Å². The minimum absolute atomic E-state index is 0.0348. The monoisotopic (exact) mass is 334 g/mol. The molecule has 1 amide bonds. The number of benzene rings is 1. The number of carbonyl (C=O) groups excluding carboxylic acids is 1. The molecule has 0 radical (unpaired) electrons. The molecule has 2 N–H and O–H groups in total. The summed E-state index contributed by atoms with van der Waals surface area (Å²) in [6.07, 6.45) is 2.54. The van der Waals surface area contributed by atoms with Gasteiger partial charge in [0.1, 0.15) is 0 Å². The average Bonchev–Trinajstić information content (AvgIpc) is 2.82. The Bertz CT molecular complexity index is 837. The zero-order chi connectivity index (χ0) is 16.4. The van der Waals surface area contributed by atoms with Gasteiger partial charge >= 0.3 is 0 Å². The van der Waals surface area contributed by atoms with Crippen molar-refractivity contribution < 1.29 is 13.2 Å². The molecule has 0 bridgehead atoms. The van der Waals surface area contributed by atoms with E-state index in [1.807, 2.05) is 24.3 Å². The summed E-state index contributed by atoms with van der Waals surface area (Å²) in [5, 5.41) is 5.05. The Morgan fingerprint density at radius 1 is 1.26 bits per heavy atom. The number of aromatic nitrogens is 2. The second kappa shape index (κ2) is 6.21. The molecule has 23 heavy (non-hydrogen) atoms. The van der Waals surface area contributed by atoms with E-state index in [2.05, 4.69) is 9.97 Å². The summed E-state index contributed by atoms with van der Waals surface area (Å²) in [7, 11) is -3.55. The Kier molecular flexibility index (Phi) is 4.27. The SMILES string of the molecule is NS(=O)(=O)CC1CC(=O)N(CCc2cnc3ccccc3n2)C1. The molecule has 1 aromatic carbocycles. The molecule has 1 aliphatic rings. The lowest BCUT2D eigenvalue weighted by atomic mass is 10.1. The maximum atomic E-state index is 12.0. The molecule has 2 aromatic rings. The molecule has 1 unspecified atom stereocenters. The highest BCUT2D eigenvalue weighted by Gasteiger charge is 2.31. The molecule has 0 saturated carbocycles. The van der Waals surface area contributed by atoms with E-state index >= 15 is 0 Å². The van der Waals surface area contributed by atoms with Gasteiger partial charge in [-0.25, -0.2) is 18.5 Å². The summed E-state index contributed by atoms with van der Waals surface area (Å²) in [6, 6.07) is 7.61. The van der Waals surface area contributed by atoms with E-state index in [0.29, 0.717) is 19.5 Å². The summed E-state index contributed by atoms with van der Waals surface area (Å²) in [5.41, 5.74) is 2.47. The van der Waals surface area contributed by atoms with Crippen LogP contribution in [0.5, 0.6) is 0 Å². The minimum Gasteiger partial charge on any atom is -0.342 e. The van der Waals surface area contributed by atoms with Crippen LogP contribution in [0.15, 0.2) is 30.5 Å². The molecule has 122 valence electrons. The lowest BCUT2D eigenvalue weighted by Crippen LogP contribution is -2.29. The van der Waals surface area contributed by atoms with Crippen molar-refractivity contribution in [3.63, 3.8) is 0 Å². The molecule has 2 heterocycles. The smallest absolute Gasteiger partial charge is 0.222 e. The quantitative estimate of drug-likeness (QED) is 0.847. The van der Waals surface area contributed by atoms with Crippen LogP contribution in [0.3, 0.4) is 0 Å². The Morgan fingerprint density at radius 3 is 2.74 bits per heavy atom. The van der Waals surface area contributed by atoms with Crippen LogP contribution in [0.1, 0.15) is 12.1 Å². The summed E-state index contributed by atoms with van der Waals surface area (Å²) in [5.74, 6) is -0.405. The van der Waals surface area contributed by atoms with E-state index in [-0.39, 0.29) is 24.0 Å². The third kappa shape index (κ3) is 4.02. The largest absolute Gasteiger partial charge is 0.342 e. The summed E-state index contributed by atoms with van der Waals surface area (Å²) in [4.78, 5) is 22.5. The van der Waals surface area contributed by atoms with E-state index in [4.69, 9.17) is 5.14 Å². The number of hydrogen-bond donors (Lipinski definition) is 1. The second-order valence-electron chi connectivity index (χ2n) is 5.84. The average molecular weight is 334 g/mol. The number of carbonyl (C=O) groups is 1. The molecule has 7 nitrogen and oxygen atoms in total. The van der Waals surface area contributed by atoms with Crippen molar-refractivity contribution in [3.8, 4) is 0 Å². The van der Waals surface area contributed by atoms with Crippen molar-refractivity contribution in [2.24, 2.45) is 11.1 Å². The molecule has 0 aliphatic carbocycles. The highest BCUT2D eigenvalue weighted by Crippen LogP contribution is 2.19. The van der Waals surface area contributed by atoms with Crippen molar-refractivity contribution in [1.82, 2.24) is 14.9 Å². The number of para-hydroxylation sites is 2. The van der Waals surface area contributed by atoms with Crippen LogP contribution in [0.2, 0.25) is 0 Å². The molecule has 0 spiro atoms. The number of sulfonamides is 1. The molecule has 3 rings (SSSR count). The van der Waals surface area contributed by atoms with Crippen molar-refractivity contribution in [1.29, 1.82) is 0 Å². The molecule has 8 heteroatoms. The van der Waals surface area contributed by atoms with Crippen molar-refractivity contribution >= 4 is 27.0 Å². The lowest BCUT2D eigenvalue weighted by Gasteiger charge is -2.16. The summed E-state index contributed by atoms with van der Waals surface area (Å²) in [6.45, 7) is 0.934. The second-order valence-corrected chi connectivity index (χ2v) is 7.50. The lowest BCUT2D eigenvalue weighted by molar-refractivity contribution is -0.127. The van der Waals surface area contributed by atoms with E-state index in [1.165, 1.54) is 0 Å². The van der Waals surface area contributed by atoms with Crippen molar-refractivity contribution in [3.05, 3.63) is 36.2 Å². The first-order chi connectivity index (χ1) is 10.9. The maximum absolute atomic E-state index is 12.0. The van der Waals surface area contributed by atoms with Gasteiger partial charge in [-0.2, -0.15) is 0 Å². The van der Waals surface area contributed by atoms with Gasteiger partial charge in [-0.15, -0.1) is 0 Å². The first-order valence-electron chi connectivity index (χ1n) is 7.39. The van der Waals surface area contributed by atoms with Gasteiger partial charge in [0.2, 0.25) is 15.9 Å². The van der Waals surface area contributed by atoms with E-state index in [9.17, 15) is 13.2 Å². The highest BCUT2D eigenvalue weighted by molar-refractivity contribution is 7.89. The van der Waals surface area contributed by atoms with Gasteiger partial charge in [0.05, 0.1) is 22.5 Å². The zero-order valence-electron chi connectivity index (χ0n) is 12.6. The van der Waals surface area contributed by atoms with Gasteiger partial charge in [-0.1, -0.05) is 12.1 Å². The number of fused-ring (bicyclic) bond motifs is 1. The molecule has 1 aromatic heterocycles. The van der Waals surface area contributed by atoms with Gasteiger partial charge in [0.15, 0.2) is 0 Å². The number of hydrogen-bond acceptors (Lipinski definition) is 5. The van der Waals surface area contributed by atoms with Gasteiger partial charge in [0, 0.05) is 38.0 Å². The third-order valence-electron chi connectivity index (χ3n) is 3.90. The van der Waals surface area contributed by atoms with E-state index in [1.54, 1.807) is 11.1 Å². The predicted molar refractivity (Wildman–Crippen MR) is 85.9 cm³/mol. The Labute approximate surface area is 134 Å². The van der Waals surface area contributed by atoms with E-state index < -0.39 is 10.0 Å². The molecule has 1 aliphatic heterocycles. The fourth-order valence-electron chi connectivity index (χ4n) is 2.88. The van der Waals surface area contributed by atoms with Crippen molar-refractivity contribution in [2.75, 3.05) is 18.8 Å². The number of rotatable bonds is 5. The summed E-state index contributed by atoms with van der Waals surface area (Å²) >= 11 is 0. The topological polar surface area (TPSA) is 106 Å². The number of nitrogens with zero attached hydrogens (tertiary/aromatic N) is 3. The Hall–Kier alpha value is -2.06. The van der Waals surface area contributed by atoms with Crippen LogP contribution in [-0.4, -0.2) is 48.0 Å². The normalized spacial score (nSPS) is 18.7. The van der Waals surface area contributed by atoms with Gasteiger partial charge in [-0.3, -0.25) is 9.78 Å². The number of nitrogens with two attached hydrogens (primary N) is 1. The number of primary sulfonamides is 1. The molecular weight excluding hydrogens is 316 g/mol. The predicted octanol–water partition coefficient (Wildman–Crippen LogP) is 0.309. The Balaban J connectivity index is 1.62. The molecule has 1 fully saturated rings. The van der Waals surface area contributed by atoms with Gasteiger partial charge in [-0.05, 0) is 12.1 Å². The standard InChI is InChI=1S/C15H18N4O3S/c16-23(21,22)10-11-7-15(20)19(9-11)6-5-12-8-17-13-3-1-2-4-14(13)18-12/h1-4,8,11H,5-7,9-10H2,(H2,16,21,22). The van der Waals surface area contributed by atoms with Crippen LogP contribution in [0, 0.1) is 5.92 Å². The Morgan fingerprint density at radius 2 is 2.00 bits per heavy atom. The zero-order valence-corrected chi connectivity index (χ0v) is 13.4. The van der Waals surface area contributed by atoms with Crippen molar-refractivity contribution in [2.45, 2.75) is 12.8 Å². The highest BCUT2D eigenvalue weighted by atomic mass is 32.2. The summed E-state index contributed by atoms with van der Waals surface area (Å²) < 4.78 is 22.3. The fraction of sp³-hybridized carbons (Fsp3) is 0.400. The minimum atomic E-state index is -3.55. The third-order valence-corrected chi connectivity index (χ3v) is 4.83. The van der Waals surface area contributed by atoms with Crippen LogP contribution in [0.25, 0.3) is 11.0 Å². The first kappa shape index (κ1) is 15.8. The molecule has 1 saturated heterocycles. The van der Waals surface area contributed by atoms with Gasteiger partial charge < -0.3 is 4.90 Å². The van der Waals surface area contributed by atoms with Crippen LogP contribution in [0.4, 0.5) is 0 Å². The molecular formula is C15H18N4O3S. The molecule has 1 atom stereocenters. The number of amides is 1. The van der Waals surface area contributed by atoms with Gasteiger partial charge in [0.25, 0.3) is 0 Å². The number of likely N-dealkylation sites (tertiary alicyclic amines) is 1. The first-order valence-corrected chi connectivity index (χ1v) is 9.11. The maximum Gasteiger partial charge on any atom is 0.222 e. The van der Waals surface area contributed by atoms with Crippen LogP contribution < -0.4 is 5.14 Å².